The molecule has 4 heteroatoms. The molecule has 0 fully saturated rings. The summed E-state index contributed by atoms with van der Waals surface area (Å²) in [5.41, 5.74) is 0. The number of carbonyl (C=O) groups is 1. The van der Waals surface area contributed by atoms with Crippen LogP contribution in [0.5, 0.6) is 0 Å². The predicted octanol–water partition coefficient (Wildman–Crippen LogP) is -0.678. The van der Waals surface area contributed by atoms with E-state index in [0.29, 0.717) is 0 Å². The third kappa shape index (κ3) is 9.39. The average Bonchev–Trinajstić information content (AvgIpc) is 2.10. The maximum absolute atomic E-state index is 9.83. The minimum absolute atomic E-state index is 0.718. The standard InChI is InChI=1S/C8H19N3O/c1-9-4-2-3-5-10-6-7-11-8-12/h8-10H,2-7H2,1H3,(H,11,12). The van der Waals surface area contributed by atoms with Gasteiger partial charge in [-0.2, -0.15) is 0 Å². The summed E-state index contributed by atoms with van der Waals surface area (Å²) in [4.78, 5) is 9.83. The minimum Gasteiger partial charge on any atom is -0.357 e. The van der Waals surface area contributed by atoms with Gasteiger partial charge in [-0.15, -0.1) is 0 Å². The first-order valence-electron chi connectivity index (χ1n) is 4.44. The molecule has 0 atom stereocenters. The second-order valence-corrected chi connectivity index (χ2v) is 2.63. The molecule has 0 radical (unpaired) electrons. The molecule has 0 spiro atoms. The van der Waals surface area contributed by atoms with Crippen LogP contribution >= 0.6 is 0 Å². The molecule has 1 amide bonds. The van der Waals surface area contributed by atoms with Crippen LogP contribution in [-0.2, 0) is 4.79 Å². The van der Waals surface area contributed by atoms with Gasteiger partial charge in [0.1, 0.15) is 0 Å². The van der Waals surface area contributed by atoms with Gasteiger partial charge in [0.2, 0.25) is 6.41 Å². The second kappa shape index (κ2) is 10.4. The zero-order chi connectivity index (χ0) is 9.07. The number of rotatable bonds is 9. The lowest BCUT2D eigenvalue weighted by Crippen LogP contribution is -2.27. The average molecular weight is 173 g/mol. The van der Waals surface area contributed by atoms with Crippen LogP contribution in [0.4, 0.5) is 0 Å². The Balaban J connectivity index is 2.77. The Morgan fingerprint density at radius 3 is 2.50 bits per heavy atom. The highest BCUT2D eigenvalue weighted by atomic mass is 16.1. The first-order chi connectivity index (χ1) is 5.91. The van der Waals surface area contributed by atoms with Gasteiger partial charge in [-0.05, 0) is 33.0 Å². The van der Waals surface area contributed by atoms with E-state index < -0.39 is 0 Å². The highest BCUT2D eigenvalue weighted by molar-refractivity contribution is 5.45. The zero-order valence-corrected chi connectivity index (χ0v) is 7.73. The normalized spacial score (nSPS) is 9.75. The Morgan fingerprint density at radius 2 is 1.83 bits per heavy atom. The largest absolute Gasteiger partial charge is 0.357 e. The third-order valence-corrected chi connectivity index (χ3v) is 1.56. The van der Waals surface area contributed by atoms with Gasteiger partial charge in [-0.1, -0.05) is 0 Å². The zero-order valence-electron chi connectivity index (χ0n) is 7.73. The van der Waals surface area contributed by atoms with Gasteiger partial charge in [-0.3, -0.25) is 4.79 Å². The van der Waals surface area contributed by atoms with Crippen LogP contribution in [0.1, 0.15) is 12.8 Å². The molecule has 0 aliphatic heterocycles. The van der Waals surface area contributed by atoms with Crippen molar-refractivity contribution in [2.24, 2.45) is 0 Å². The van der Waals surface area contributed by atoms with Crippen LogP contribution in [0.25, 0.3) is 0 Å². The molecule has 0 aliphatic carbocycles. The van der Waals surface area contributed by atoms with Gasteiger partial charge in [0.25, 0.3) is 0 Å². The lowest BCUT2D eigenvalue weighted by Gasteiger charge is -2.03. The third-order valence-electron chi connectivity index (χ3n) is 1.56. The Bertz CT molecular complexity index is 98.3. The minimum atomic E-state index is 0.718. The van der Waals surface area contributed by atoms with Crippen LogP contribution in [0, 0.1) is 0 Å². The van der Waals surface area contributed by atoms with Crippen molar-refractivity contribution in [3.63, 3.8) is 0 Å². The van der Waals surface area contributed by atoms with Crippen molar-refractivity contribution in [1.82, 2.24) is 16.0 Å². The van der Waals surface area contributed by atoms with Gasteiger partial charge in [0.05, 0.1) is 0 Å². The summed E-state index contributed by atoms with van der Waals surface area (Å²) in [6.07, 6.45) is 3.11. The summed E-state index contributed by atoms with van der Waals surface area (Å²) < 4.78 is 0. The van der Waals surface area contributed by atoms with Crippen molar-refractivity contribution < 1.29 is 4.79 Å². The first kappa shape index (κ1) is 11.4. The molecular formula is C8H19N3O. The van der Waals surface area contributed by atoms with E-state index in [1.165, 1.54) is 12.8 Å². The van der Waals surface area contributed by atoms with E-state index in [2.05, 4.69) is 16.0 Å². The van der Waals surface area contributed by atoms with E-state index in [9.17, 15) is 4.79 Å². The van der Waals surface area contributed by atoms with Gasteiger partial charge in [0.15, 0.2) is 0 Å². The fraction of sp³-hybridized carbons (Fsp3) is 0.875. The van der Waals surface area contributed by atoms with Crippen molar-refractivity contribution in [1.29, 1.82) is 0 Å². The summed E-state index contributed by atoms with van der Waals surface area (Å²) in [5, 5.41) is 8.92. The SMILES string of the molecule is CNCCCCNCCNC=O. The fourth-order valence-electron chi connectivity index (χ4n) is 0.896. The summed E-state index contributed by atoms with van der Waals surface area (Å²) in [6.45, 7) is 3.68. The maximum atomic E-state index is 9.83. The van der Waals surface area contributed by atoms with Crippen LogP contribution < -0.4 is 16.0 Å². The highest BCUT2D eigenvalue weighted by Crippen LogP contribution is 1.82. The van der Waals surface area contributed by atoms with Gasteiger partial charge < -0.3 is 16.0 Å². The number of hydrogen-bond acceptors (Lipinski definition) is 3. The summed E-state index contributed by atoms with van der Waals surface area (Å²) in [5.74, 6) is 0. The van der Waals surface area contributed by atoms with Crippen molar-refractivity contribution in [3.05, 3.63) is 0 Å². The van der Waals surface area contributed by atoms with Crippen LogP contribution in [-0.4, -0.2) is 39.6 Å². The molecule has 4 nitrogen and oxygen atoms in total. The van der Waals surface area contributed by atoms with Gasteiger partial charge in [-0.25, -0.2) is 0 Å². The lowest BCUT2D eigenvalue weighted by molar-refractivity contribution is -0.109. The van der Waals surface area contributed by atoms with E-state index in [1.54, 1.807) is 0 Å². The molecule has 0 unspecified atom stereocenters. The molecule has 0 aromatic carbocycles. The Morgan fingerprint density at radius 1 is 1.08 bits per heavy atom. The molecule has 0 heterocycles. The summed E-state index contributed by atoms with van der Waals surface area (Å²) >= 11 is 0. The van der Waals surface area contributed by atoms with Crippen LogP contribution in [0.15, 0.2) is 0 Å². The van der Waals surface area contributed by atoms with E-state index in [1.807, 2.05) is 7.05 Å². The molecule has 72 valence electrons. The number of unbranched alkanes of at least 4 members (excludes halogenated alkanes) is 1. The van der Waals surface area contributed by atoms with Crippen molar-refractivity contribution >= 4 is 6.41 Å². The first-order valence-corrected chi connectivity index (χ1v) is 4.44. The number of nitrogens with one attached hydrogen (secondary N) is 3. The highest BCUT2D eigenvalue weighted by Gasteiger charge is 1.87. The molecule has 12 heavy (non-hydrogen) atoms. The molecule has 0 saturated heterocycles. The molecular weight excluding hydrogens is 154 g/mol. The summed E-state index contributed by atoms with van der Waals surface area (Å²) in [6, 6.07) is 0. The summed E-state index contributed by atoms with van der Waals surface area (Å²) in [7, 11) is 1.96. The molecule has 0 aliphatic rings. The Labute approximate surface area is 74.1 Å². The van der Waals surface area contributed by atoms with E-state index in [0.717, 1.165) is 32.6 Å². The number of hydrogen-bond donors (Lipinski definition) is 3. The Hall–Kier alpha value is -0.610. The van der Waals surface area contributed by atoms with Crippen molar-refractivity contribution in [2.75, 3.05) is 33.2 Å². The van der Waals surface area contributed by atoms with Gasteiger partial charge in [0, 0.05) is 13.1 Å². The molecule has 0 saturated carbocycles. The van der Waals surface area contributed by atoms with E-state index >= 15 is 0 Å². The second-order valence-electron chi connectivity index (χ2n) is 2.63. The molecule has 0 bridgehead atoms. The van der Waals surface area contributed by atoms with E-state index in [4.69, 9.17) is 0 Å². The smallest absolute Gasteiger partial charge is 0.207 e. The molecule has 0 rings (SSSR count). The Kier molecular flexibility index (Phi) is 9.86. The molecule has 3 N–H and O–H groups in total. The number of carbonyl (C=O) groups excluding carboxylic acids is 1. The van der Waals surface area contributed by atoms with E-state index in [-0.39, 0.29) is 0 Å². The molecule has 0 aromatic rings. The van der Waals surface area contributed by atoms with Crippen LogP contribution in [0.2, 0.25) is 0 Å². The van der Waals surface area contributed by atoms with Crippen molar-refractivity contribution in [3.8, 4) is 0 Å². The van der Waals surface area contributed by atoms with Crippen molar-refractivity contribution in [2.45, 2.75) is 12.8 Å². The molecule has 0 aromatic heterocycles. The predicted molar refractivity (Wildman–Crippen MR) is 50.1 cm³/mol. The monoisotopic (exact) mass is 173 g/mol. The maximum Gasteiger partial charge on any atom is 0.207 e. The topological polar surface area (TPSA) is 53.2 Å². The quantitative estimate of drug-likeness (QED) is 0.320. The number of amides is 1. The van der Waals surface area contributed by atoms with Crippen LogP contribution in [0.3, 0.4) is 0 Å². The fourth-order valence-corrected chi connectivity index (χ4v) is 0.896. The van der Waals surface area contributed by atoms with Gasteiger partial charge >= 0.3 is 0 Å². The lowest BCUT2D eigenvalue weighted by atomic mass is 10.3.